The summed E-state index contributed by atoms with van der Waals surface area (Å²) in [6.07, 6.45) is 4.61. The molecule has 0 spiro atoms. The van der Waals surface area contributed by atoms with Gasteiger partial charge in [0.15, 0.2) is 0 Å². The maximum absolute atomic E-state index is 12.7. The van der Waals surface area contributed by atoms with Gasteiger partial charge in [-0.15, -0.1) is 0 Å². The first-order valence-corrected chi connectivity index (χ1v) is 8.86. The molecule has 2 fully saturated rings. The van der Waals surface area contributed by atoms with Crippen LogP contribution in [0.25, 0.3) is 0 Å². The molecule has 0 aromatic heterocycles. The van der Waals surface area contributed by atoms with Gasteiger partial charge in [0, 0.05) is 25.7 Å². The van der Waals surface area contributed by atoms with Crippen LogP contribution in [0.5, 0.6) is 0 Å². The monoisotopic (exact) mass is 304 g/mol. The van der Waals surface area contributed by atoms with E-state index >= 15 is 0 Å². The van der Waals surface area contributed by atoms with E-state index in [4.69, 9.17) is 5.11 Å². The van der Waals surface area contributed by atoms with Gasteiger partial charge >= 0.3 is 5.97 Å². The largest absolute Gasteiger partial charge is 0.481 e. The van der Waals surface area contributed by atoms with Crippen molar-refractivity contribution in [2.75, 3.05) is 19.6 Å². The van der Waals surface area contributed by atoms with Crippen LogP contribution in [0.15, 0.2) is 0 Å². The summed E-state index contributed by atoms with van der Waals surface area (Å²) >= 11 is 0. The molecule has 0 aliphatic carbocycles. The molecule has 2 aliphatic heterocycles. The lowest BCUT2D eigenvalue weighted by atomic mass is 9.99. The number of rotatable bonds is 4. The van der Waals surface area contributed by atoms with Gasteiger partial charge in [0.05, 0.1) is 5.92 Å². The van der Waals surface area contributed by atoms with Crippen molar-refractivity contribution in [1.29, 1.82) is 0 Å². The van der Waals surface area contributed by atoms with Crippen LogP contribution < -0.4 is 0 Å². The minimum Gasteiger partial charge on any atom is -0.481 e. The normalized spacial score (nSPS) is 27.6. The maximum Gasteiger partial charge on any atom is 0.306 e. The van der Waals surface area contributed by atoms with E-state index in [0.717, 1.165) is 25.7 Å². The van der Waals surface area contributed by atoms with Gasteiger partial charge in [-0.25, -0.2) is 0 Å². The molecular weight excluding hydrogens is 280 g/mol. The zero-order chi connectivity index (χ0) is 14.8. The minimum atomic E-state index is -3.42. The van der Waals surface area contributed by atoms with Crippen molar-refractivity contribution in [3.63, 3.8) is 0 Å². The lowest BCUT2D eigenvalue weighted by molar-refractivity contribution is -0.142. The van der Waals surface area contributed by atoms with Crippen LogP contribution in [-0.4, -0.2) is 53.8 Å². The van der Waals surface area contributed by atoms with Crippen molar-refractivity contribution in [3.8, 4) is 0 Å². The highest BCUT2D eigenvalue weighted by atomic mass is 32.2. The Kier molecular flexibility index (Phi) is 5.04. The van der Waals surface area contributed by atoms with Gasteiger partial charge in [0.1, 0.15) is 0 Å². The Morgan fingerprint density at radius 3 is 2.35 bits per heavy atom. The average Bonchev–Trinajstić information content (AvgIpc) is 2.47. The molecule has 2 rings (SSSR count). The third-order valence-electron chi connectivity index (χ3n) is 4.47. The van der Waals surface area contributed by atoms with E-state index in [0.29, 0.717) is 32.5 Å². The fourth-order valence-corrected chi connectivity index (χ4v) is 5.13. The number of hydrogen-bond donors (Lipinski definition) is 1. The van der Waals surface area contributed by atoms with Crippen LogP contribution >= 0.6 is 0 Å². The second-order valence-corrected chi connectivity index (χ2v) is 7.57. The van der Waals surface area contributed by atoms with Crippen molar-refractivity contribution in [3.05, 3.63) is 0 Å². The smallest absolute Gasteiger partial charge is 0.306 e. The topological polar surface area (TPSA) is 77.9 Å². The van der Waals surface area contributed by atoms with E-state index in [1.165, 1.54) is 4.31 Å². The van der Waals surface area contributed by atoms with Gasteiger partial charge in [0.2, 0.25) is 0 Å². The number of hydrogen-bond acceptors (Lipinski definition) is 3. The molecule has 0 amide bonds. The summed E-state index contributed by atoms with van der Waals surface area (Å²) in [7, 11) is -3.42. The summed E-state index contributed by atoms with van der Waals surface area (Å²) in [4.78, 5) is 10.9. The first-order chi connectivity index (χ1) is 9.46. The molecule has 0 aromatic carbocycles. The van der Waals surface area contributed by atoms with E-state index in [2.05, 4.69) is 0 Å². The minimum absolute atomic E-state index is 0.103. The summed E-state index contributed by atoms with van der Waals surface area (Å²) < 4.78 is 28.5. The van der Waals surface area contributed by atoms with Gasteiger partial charge in [-0.3, -0.25) is 4.79 Å². The fourth-order valence-electron chi connectivity index (χ4n) is 3.17. The van der Waals surface area contributed by atoms with Crippen LogP contribution in [-0.2, 0) is 15.0 Å². The number of carboxylic acids is 1. The summed E-state index contributed by atoms with van der Waals surface area (Å²) in [5.41, 5.74) is 0. The van der Waals surface area contributed by atoms with Gasteiger partial charge < -0.3 is 5.11 Å². The first kappa shape index (κ1) is 15.7. The van der Waals surface area contributed by atoms with Crippen molar-refractivity contribution in [1.82, 2.24) is 8.61 Å². The zero-order valence-electron chi connectivity index (χ0n) is 12.0. The molecule has 1 N–H and O–H groups in total. The molecule has 0 bridgehead atoms. The molecule has 1 unspecified atom stereocenters. The van der Waals surface area contributed by atoms with Gasteiger partial charge in [-0.2, -0.15) is 17.0 Å². The van der Waals surface area contributed by atoms with Crippen LogP contribution in [0.2, 0.25) is 0 Å². The molecule has 0 radical (unpaired) electrons. The predicted octanol–water partition coefficient (Wildman–Crippen LogP) is 1.29. The lowest BCUT2D eigenvalue weighted by Crippen LogP contribution is -2.52. The molecule has 20 heavy (non-hydrogen) atoms. The lowest BCUT2D eigenvalue weighted by Gasteiger charge is -2.39. The van der Waals surface area contributed by atoms with Crippen molar-refractivity contribution in [2.45, 2.75) is 51.5 Å². The van der Waals surface area contributed by atoms with Gasteiger partial charge in [-0.05, 0) is 32.1 Å². The number of carbonyl (C=O) groups is 1. The van der Waals surface area contributed by atoms with Crippen LogP contribution in [0.3, 0.4) is 0 Å². The third kappa shape index (κ3) is 3.15. The standard InChI is InChI=1S/C13H24N2O4S/c1-2-12-5-3-4-8-15(12)20(18,19)14-9-6-11(7-10-14)13(16)17/h11-12H,2-10H2,1H3,(H,16,17). The molecule has 2 saturated heterocycles. The zero-order valence-corrected chi connectivity index (χ0v) is 12.8. The molecule has 1 atom stereocenters. The SMILES string of the molecule is CCC1CCCCN1S(=O)(=O)N1CCC(C(=O)O)CC1. The van der Waals surface area contributed by atoms with Crippen LogP contribution in [0, 0.1) is 5.92 Å². The number of aliphatic carboxylic acids is 1. The molecule has 7 heteroatoms. The molecule has 6 nitrogen and oxygen atoms in total. The Morgan fingerprint density at radius 1 is 1.15 bits per heavy atom. The number of carboxylic acid groups (broad SMARTS) is 1. The molecule has 2 aliphatic rings. The van der Waals surface area contributed by atoms with Crippen molar-refractivity contribution in [2.24, 2.45) is 5.92 Å². The molecule has 2 heterocycles. The fraction of sp³-hybridized carbons (Fsp3) is 0.923. The summed E-state index contributed by atoms with van der Waals surface area (Å²) in [5, 5.41) is 8.98. The second kappa shape index (κ2) is 6.41. The van der Waals surface area contributed by atoms with E-state index in [1.807, 2.05) is 6.92 Å². The van der Waals surface area contributed by atoms with Gasteiger partial charge in [-0.1, -0.05) is 13.3 Å². The Morgan fingerprint density at radius 2 is 1.80 bits per heavy atom. The molecule has 0 aromatic rings. The summed E-state index contributed by atoms with van der Waals surface area (Å²) in [6.45, 7) is 3.27. The highest BCUT2D eigenvalue weighted by molar-refractivity contribution is 7.86. The van der Waals surface area contributed by atoms with Gasteiger partial charge in [0.25, 0.3) is 10.2 Å². The summed E-state index contributed by atoms with van der Waals surface area (Å²) in [6, 6.07) is 0.103. The van der Waals surface area contributed by atoms with Crippen molar-refractivity contribution >= 4 is 16.2 Å². The van der Waals surface area contributed by atoms with Crippen LogP contribution in [0.4, 0.5) is 0 Å². The van der Waals surface area contributed by atoms with E-state index < -0.39 is 22.1 Å². The highest BCUT2D eigenvalue weighted by Crippen LogP contribution is 2.27. The van der Waals surface area contributed by atoms with E-state index in [9.17, 15) is 13.2 Å². The predicted molar refractivity (Wildman–Crippen MR) is 75.5 cm³/mol. The van der Waals surface area contributed by atoms with Crippen LogP contribution in [0.1, 0.15) is 45.4 Å². The number of piperidine rings is 2. The Bertz CT molecular complexity index is 443. The Balaban J connectivity index is 2.05. The molecule has 0 saturated carbocycles. The third-order valence-corrected chi connectivity index (χ3v) is 6.56. The molecule has 116 valence electrons. The first-order valence-electron chi connectivity index (χ1n) is 7.46. The molecular formula is C13H24N2O4S. The van der Waals surface area contributed by atoms with E-state index in [-0.39, 0.29) is 6.04 Å². The average molecular weight is 304 g/mol. The maximum atomic E-state index is 12.7. The number of nitrogens with zero attached hydrogens (tertiary/aromatic N) is 2. The Hall–Kier alpha value is -0.660. The summed E-state index contributed by atoms with van der Waals surface area (Å²) in [5.74, 6) is -1.21. The van der Waals surface area contributed by atoms with Crippen molar-refractivity contribution < 1.29 is 18.3 Å². The highest BCUT2D eigenvalue weighted by Gasteiger charge is 2.38. The quantitative estimate of drug-likeness (QED) is 0.849. The Labute approximate surface area is 120 Å². The second-order valence-electron chi connectivity index (χ2n) is 5.69. The van der Waals surface area contributed by atoms with E-state index in [1.54, 1.807) is 4.31 Å².